The van der Waals surface area contributed by atoms with Crippen LogP contribution in [-0.2, 0) is 0 Å². The lowest BCUT2D eigenvalue weighted by Crippen LogP contribution is -2.46. The molecular weight excluding hydrogens is 178 g/mol. The van der Waals surface area contributed by atoms with Gasteiger partial charge in [-0.25, -0.2) is 10.3 Å². The van der Waals surface area contributed by atoms with Crippen molar-refractivity contribution in [2.24, 2.45) is 17.5 Å². The lowest BCUT2D eigenvalue weighted by molar-refractivity contribution is 0.398. The molecule has 0 atom stereocenters. The van der Waals surface area contributed by atoms with E-state index < -0.39 is 0 Å². The maximum atomic E-state index is 5.25. The van der Waals surface area contributed by atoms with Gasteiger partial charge in [0, 0.05) is 0 Å². The van der Waals surface area contributed by atoms with Crippen LogP contribution in [0.2, 0.25) is 0 Å². The summed E-state index contributed by atoms with van der Waals surface area (Å²) < 4.78 is 1.52. The number of nitrogens with one attached hydrogen (secondary N) is 3. The topological polar surface area (TPSA) is 117 Å². The average molecular weight is 189 g/mol. The zero-order valence-corrected chi connectivity index (χ0v) is 7.06. The van der Waals surface area contributed by atoms with E-state index in [4.69, 9.17) is 17.5 Å². The van der Waals surface area contributed by atoms with E-state index in [0.29, 0.717) is 11.5 Å². The smallest absolute Gasteiger partial charge is 0.168 e. The number of hydrogen-bond donors (Lipinski definition) is 6. The third-order valence-corrected chi connectivity index (χ3v) is 2.03. The van der Waals surface area contributed by atoms with E-state index in [2.05, 4.69) is 16.4 Å². The van der Waals surface area contributed by atoms with Crippen LogP contribution < -0.4 is 33.9 Å². The Hall–Kier alpha value is -0.930. The molecule has 9 N–H and O–H groups in total. The van der Waals surface area contributed by atoms with Gasteiger partial charge in [-0.15, -0.1) is 0 Å². The van der Waals surface area contributed by atoms with Crippen molar-refractivity contribution in [1.82, 2.24) is 20.8 Å². The van der Waals surface area contributed by atoms with Crippen LogP contribution in [-0.4, -0.2) is 4.41 Å². The predicted octanol–water partition coefficient (Wildman–Crippen LogP) is -2.06. The monoisotopic (exact) mass is 189 g/mol. The molecule has 1 rings (SSSR count). The second-order valence-corrected chi connectivity index (χ2v) is 2.73. The SMILES string of the molecule is NNC1=C(NN)N(NN)SC=C1. The second-order valence-electron chi connectivity index (χ2n) is 1.88. The molecule has 0 aliphatic carbocycles. The Kier molecular flexibility index (Phi) is 3.19. The van der Waals surface area contributed by atoms with Crippen LogP contribution in [0.4, 0.5) is 0 Å². The molecule has 0 aromatic rings. The molecule has 68 valence electrons. The van der Waals surface area contributed by atoms with Crippen molar-refractivity contribution in [3.8, 4) is 0 Å². The van der Waals surface area contributed by atoms with Crippen LogP contribution in [0.5, 0.6) is 0 Å². The van der Waals surface area contributed by atoms with Crippen molar-refractivity contribution in [3.63, 3.8) is 0 Å². The fourth-order valence-corrected chi connectivity index (χ4v) is 1.38. The molecule has 1 aliphatic rings. The van der Waals surface area contributed by atoms with E-state index in [0.717, 1.165) is 0 Å². The molecule has 0 saturated heterocycles. The number of nitrogens with zero attached hydrogens (tertiary/aromatic N) is 1. The summed E-state index contributed by atoms with van der Waals surface area (Å²) in [6.45, 7) is 0. The van der Waals surface area contributed by atoms with Crippen molar-refractivity contribution < 1.29 is 0 Å². The summed E-state index contributed by atoms with van der Waals surface area (Å²) in [5, 5.41) is 1.80. The van der Waals surface area contributed by atoms with E-state index in [9.17, 15) is 0 Å². The lowest BCUT2D eigenvalue weighted by Gasteiger charge is -2.26. The summed E-state index contributed by atoms with van der Waals surface area (Å²) >= 11 is 1.34. The Morgan fingerprint density at radius 3 is 2.50 bits per heavy atom. The third-order valence-electron chi connectivity index (χ3n) is 1.27. The minimum absolute atomic E-state index is 0.563. The van der Waals surface area contributed by atoms with Gasteiger partial charge >= 0.3 is 0 Å². The van der Waals surface area contributed by atoms with E-state index in [-0.39, 0.29) is 0 Å². The Bertz CT molecular complexity index is 211. The molecule has 0 radical (unpaired) electrons. The minimum Gasteiger partial charge on any atom is -0.321 e. The summed E-state index contributed by atoms with van der Waals surface area (Å²) in [6.07, 6.45) is 1.77. The van der Waals surface area contributed by atoms with Crippen molar-refractivity contribution >= 4 is 11.9 Å². The number of rotatable bonds is 3. The van der Waals surface area contributed by atoms with Crippen molar-refractivity contribution in [1.29, 1.82) is 0 Å². The van der Waals surface area contributed by atoms with Gasteiger partial charge in [0.25, 0.3) is 0 Å². The molecule has 0 aromatic carbocycles. The fraction of sp³-hybridized carbons (Fsp3) is 0. The van der Waals surface area contributed by atoms with Crippen LogP contribution >= 0.6 is 11.9 Å². The average Bonchev–Trinajstić information content (AvgIpc) is 2.16. The second kappa shape index (κ2) is 4.18. The van der Waals surface area contributed by atoms with E-state index >= 15 is 0 Å². The van der Waals surface area contributed by atoms with Gasteiger partial charge in [0.1, 0.15) is 0 Å². The first kappa shape index (κ1) is 9.16. The summed E-state index contributed by atoms with van der Waals surface area (Å²) in [5.41, 5.74) is 7.99. The van der Waals surface area contributed by atoms with Crippen LogP contribution in [0, 0.1) is 0 Å². The Labute approximate surface area is 74.0 Å². The lowest BCUT2D eigenvalue weighted by atomic mass is 10.4. The van der Waals surface area contributed by atoms with Crippen molar-refractivity contribution in [2.45, 2.75) is 0 Å². The predicted molar refractivity (Wildman–Crippen MR) is 47.6 cm³/mol. The molecule has 0 amide bonds. The zero-order chi connectivity index (χ0) is 8.97. The molecule has 0 aromatic heterocycles. The molecule has 0 unspecified atom stereocenters. The number of nitrogens with two attached hydrogens (primary N) is 3. The molecule has 0 bridgehead atoms. The van der Waals surface area contributed by atoms with Gasteiger partial charge in [0.15, 0.2) is 5.82 Å². The Balaban J connectivity index is 2.85. The van der Waals surface area contributed by atoms with E-state index in [1.54, 1.807) is 11.5 Å². The van der Waals surface area contributed by atoms with E-state index in [1.165, 1.54) is 16.4 Å². The molecule has 0 saturated carbocycles. The van der Waals surface area contributed by atoms with Gasteiger partial charge < -0.3 is 10.9 Å². The molecular formula is C4H11N7S. The third kappa shape index (κ3) is 1.62. The molecule has 7 nitrogen and oxygen atoms in total. The highest BCUT2D eigenvalue weighted by atomic mass is 32.2. The maximum absolute atomic E-state index is 5.25. The van der Waals surface area contributed by atoms with Crippen molar-refractivity contribution in [2.75, 3.05) is 0 Å². The summed E-state index contributed by atoms with van der Waals surface area (Å²) in [4.78, 5) is 0. The first-order valence-corrected chi connectivity index (χ1v) is 3.94. The highest BCUT2D eigenvalue weighted by Crippen LogP contribution is 2.20. The van der Waals surface area contributed by atoms with E-state index in [1.807, 2.05) is 0 Å². The summed E-state index contributed by atoms with van der Waals surface area (Å²) in [6, 6.07) is 0. The summed E-state index contributed by atoms with van der Waals surface area (Å²) in [5.74, 6) is 16.2. The van der Waals surface area contributed by atoms with Gasteiger partial charge in [0.2, 0.25) is 0 Å². The fourth-order valence-electron chi connectivity index (χ4n) is 0.748. The Morgan fingerprint density at radius 2 is 2.00 bits per heavy atom. The first-order valence-electron chi connectivity index (χ1n) is 3.10. The largest absolute Gasteiger partial charge is 0.321 e. The van der Waals surface area contributed by atoms with Gasteiger partial charge in [-0.05, 0) is 23.4 Å². The normalized spacial score (nSPS) is 16.8. The van der Waals surface area contributed by atoms with Crippen LogP contribution in [0.1, 0.15) is 0 Å². The molecule has 1 aliphatic heterocycles. The van der Waals surface area contributed by atoms with Crippen LogP contribution in [0.25, 0.3) is 0 Å². The number of hydrazine groups is 4. The van der Waals surface area contributed by atoms with Gasteiger partial charge in [-0.3, -0.25) is 11.7 Å². The zero-order valence-electron chi connectivity index (χ0n) is 6.24. The standard InChI is InChI=1S/C4H11N7S/c5-8-3-1-2-12-11(10-7)4(3)9-6/h1-2,8-10H,5-7H2. The minimum atomic E-state index is 0.563. The van der Waals surface area contributed by atoms with Gasteiger partial charge in [-0.2, -0.15) is 5.53 Å². The van der Waals surface area contributed by atoms with Crippen LogP contribution in [0.3, 0.4) is 0 Å². The van der Waals surface area contributed by atoms with Gasteiger partial charge in [-0.1, -0.05) is 0 Å². The highest BCUT2D eigenvalue weighted by molar-refractivity contribution is 8.00. The molecule has 0 fully saturated rings. The van der Waals surface area contributed by atoms with Gasteiger partial charge in [0.05, 0.1) is 5.70 Å². The van der Waals surface area contributed by atoms with Crippen LogP contribution in [0.15, 0.2) is 23.0 Å². The number of allylic oxidation sites excluding steroid dienone is 1. The molecule has 0 spiro atoms. The molecule has 1 heterocycles. The Morgan fingerprint density at radius 1 is 1.25 bits per heavy atom. The first-order chi connectivity index (χ1) is 5.83. The summed E-state index contributed by atoms with van der Waals surface area (Å²) in [7, 11) is 0. The molecule has 8 heteroatoms. The maximum Gasteiger partial charge on any atom is 0.168 e. The van der Waals surface area contributed by atoms with Crippen molar-refractivity contribution in [3.05, 3.63) is 23.0 Å². The highest BCUT2D eigenvalue weighted by Gasteiger charge is 2.14. The molecule has 12 heavy (non-hydrogen) atoms. The quantitative estimate of drug-likeness (QED) is 0.170. The number of hydrogen-bond acceptors (Lipinski definition) is 8.